The fourth-order valence-electron chi connectivity index (χ4n) is 1.12. The van der Waals surface area contributed by atoms with Crippen LogP contribution in [-0.4, -0.2) is 36.8 Å². The first kappa shape index (κ1) is 14.1. The molecule has 2 unspecified atom stereocenters. The second-order valence-electron chi connectivity index (χ2n) is 3.78. The minimum absolute atomic E-state index is 0.0221. The van der Waals surface area contributed by atoms with Gasteiger partial charge in [-0.15, -0.1) is 6.58 Å². The molecule has 4 nitrogen and oxygen atoms in total. The SMILES string of the molecule is C=CCNC(=O)C(C)NCC(C)CCO. The Kier molecular flexibility index (Phi) is 7.95. The first-order chi connectivity index (χ1) is 7.11. The summed E-state index contributed by atoms with van der Waals surface area (Å²) in [6.45, 7) is 8.82. The number of hydrogen-bond acceptors (Lipinski definition) is 3. The van der Waals surface area contributed by atoms with Gasteiger partial charge in [0.25, 0.3) is 0 Å². The summed E-state index contributed by atoms with van der Waals surface area (Å²) in [7, 11) is 0. The van der Waals surface area contributed by atoms with E-state index in [1.807, 2.05) is 13.8 Å². The lowest BCUT2D eigenvalue weighted by atomic mass is 10.1. The van der Waals surface area contributed by atoms with E-state index < -0.39 is 0 Å². The van der Waals surface area contributed by atoms with E-state index in [0.29, 0.717) is 12.5 Å². The smallest absolute Gasteiger partial charge is 0.237 e. The molecule has 0 aromatic carbocycles. The van der Waals surface area contributed by atoms with Gasteiger partial charge in [0.15, 0.2) is 0 Å². The van der Waals surface area contributed by atoms with Crippen molar-refractivity contribution in [2.45, 2.75) is 26.3 Å². The molecule has 0 aromatic rings. The molecule has 0 rings (SSSR count). The number of carbonyl (C=O) groups is 1. The Morgan fingerprint density at radius 2 is 2.20 bits per heavy atom. The van der Waals surface area contributed by atoms with Gasteiger partial charge in [0.2, 0.25) is 5.91 Å². The highest BCUT2D eigenvalue weighted by molar-refractivity contribution is 5.81. The van der Waals surface area contributed by atoms with Crippen molar-refractivity contribution >= 4 is 5.91 Å². The second kappa shape index (κ2) is 8.44. The molecule has 0 aliphatic heterocycles. The molecule has 88 valence electrons. The van der Waals surface area contributed by atoms with E-state index in [2.05, 4.69) is 17.2 Å². The van der Waals surface area contributed by atoms with Crippen molar-refractivity contribution in [1.29, 1.82) is 0 Å². The molecule has 0 saturated carbocycles. The quantitative estimate of drug-likeness (QED) is 0.509. The summed E-state index contributed by atoms with van der Waals surface area (Å²) in [6, 6.07) is -0.203. The lowest BCUT2D eigenvalue weighted by molar-refractivity contribution is -0.122. The van der Waals surface area contributed by atoms with E-state index in [0.717, 1.165) is 13.0 Å². The molecule has 0 saturated heterocycles. The highest BCUT2D eigenvalue weighted by Gasteiger charge is 2.11. The predicted molar refractivity (Wildman–Crippen MR) is 61.5 cm³/mol. The lowest BCUT2D eigenvalue weighted by Crippen LogP contribution is -2.43. The fourth-order valence-corrected chi connectivity index (χ4v) is 1.12. The molecule has 0 radical (unpaired) electrons. The second-order valence-corrected chi connectivity index (χ2v) is 3.78. The van der Waals surface area contributed by atoms with Crippen molar-refractivity contribution in [3.8, 4) is 0 Å². The summed E-state index contributed by atoms with van der Waals surface area (Å²) in [6.07, 6.45) is 2.41. The zero-order valence-corrected chi connectivity index (χ0v) is 9.62. The zero-order valence-electron chi connectivity index (χ0n) is 9.62. The van der Waals surface area contributed by atoms with Crippen LogP contribution in [0.25, 0.3) is 0 Å². The Bertz CT molecular complexity index is 195. The Balaban J connectivity index is 3.67. The molecule has 0 spiro atoms. The molecule has 3 N–H and O–H groups in total. The van der Waals surface area contributed by atoms with E-state index in [1.165, 1.54) is 0 Å². The van der Waals surface area contributed by atoms with Crippen molar-refractivity contribution in [3.63, 3.8) is 0 Å². The average Bonchev–Trinajstić information content (AvgIpc) is 2.22. The maximum atomic E-state index is 11.4. The van der Waals surface area contributed by atoms with E-state index in [9.17, 15) is 4.79 Å². The molecule has 0 bridgehead atoms. The van der Waals surface area contributed by atoms with Crippen LogP contribution in [0.15, 0.2) is 12.7 Å². The van der Waals surface area contributed by atoms with Gasteiger partial charge in [0.05, 0.1) is 6.04 Å². The van der Waals surface area contributed by atoms with Gasteiger partial charge in [-0.1, -0.05) is 13.0 Å². The van der Waals surface area contributed by atoms with Crippen LogP contribution < -0.4 is 10.6 Å². The minimum Gasteiger partial charge on any atom is -0.396 e. The van der Waals surface area contributed by atoms with Crippen molar-refractivity contribution in [1.82, 2.24) is 10.6 Å². The monoisotopic (exact) mass is 214 g/mol. The van der Waals surface area contributed by atoms with Gasteiger partial charge in [-0.2, -0.15) is 0 Å². The van der Waals surface area contributed by atoms with Crippen molar-refractivity contribution in [3.05, 3.63) is 12.7 Å². The maximum absolute atomic E-state index is 11.4. The Labute approximate surface area is 91.8 Å². The van der Waals surface area contributed by atoms with Crippen LogP contribution in [0.4, 0.5) is 0 Å². The van der Waals surface area contributed by atoms with Crippen LogP contribution in [0.2, 0.25) is 0 Å². The summed E-state index contributed by atoms with van der Waals surface area (Å²) in [5.74, 6) is 0.357. The fraction of sp³-hybridized carbons (Fsp3) is 0.727. The molecule has 15 heavy (non-hydrogen) atoms. The highest BCUT2D eigenvalue weighted by Crippen LogP contribution is 1.98. The highest BCUT2D eigenvalue weighted by atomic mass is 16.3. The van der Waals surface area contributed by atoms with E-state index in [4.69, 9.17) is 5.11 Å². The van der Waals surface area contributed by atoms with Crippen LogP contribution in [0, 0.1) is 5.92 Å². The molecule has 2 atom stereocenters. The van der Waals surface area contributed by atoms with Gasteiger partial charge in [-0.25, -0.2) is 0 Å². The van der Waals surface area contributed by atoms with Gasteiger partial charge in [-0.05, 0) is 25.8 Å². The third kappa shape index (κ3) is 7.11. The molecular weight excluding hydrogens is 192 g/mol. The maximum Gasteiger partial charge on any atom is 0.237 e. The number of nitrogens with one attached hydrogen (secondary N) is 2. The van der Waals surface area contributed by atoms with Gasteiger partial charge in [0.1, 0.15) is 0 Å². The van der Waals surface area contributed by atoms with E-state index in [-0.39, 0.29) is 18.6 Å². The lowest BCUT2D eigenvalue weighted by Gasteiger charge is -2.16. The molecule has 0 aromatic heterocycles. The third-order valence-electron chi connectivity index (χ3n) is 2.21. The molecule has 0 aliphatic rings. The number of amides is 1. The normalized spacial score (nSPS) is 14.3. The Morgan fingerprint density at radius 3 is 2.73 bits per heavy atom. The van der Waals surface area contributed by atoms with Gasteiger partial charge in [-0.3, -0.25) is 4.79 Å². The first-order valence-corrected chi connectivity index (χ1v) is 5.34. The average molecular weight is 214 g/mol. The number of rotatable bonds is 8. The van der Waals surface area contributed by atoms with Crippen LogP contribution in [-0.2, 0) is 4.79 Å². The van der Waals surface area contributed by atoms with Gasteiger partial charge in [0, 0.05) is 13.2 Å². The predicted octanol–water partition coefficient (Wildman–Crippen LogP) is 0.285. The number of aliphatic hydroxyl groups excluding tert-OH is 1. The van der Waals surface area contributed by atoms with E-state index in [1.54, 1.807) is 6.08 Å². The number of hydrogen-bond donors (Lipinski definition) is 3. The minimum atomic E-state index is -0.203. The molecule has 4 heteroatoms. The van der Waals surface area contributed by atoms with Crippen LogP contribution in [0.1, 0.15) is 20.3 Å². The molecule has 1 amide bonds. The van der Waals surface area contributed by atoms with Crippen molar-refractivity contribution < 1.29 is 9.90 Å². The number of aliphatic hydroxyl groups is 1. The largest absolute Gasteiger partial charge is 0.396 e. The summed E-state index contributed by atoms with van der Waals surface area (Å²) in [5.41, 5.74) is 0. The van der Waals surface area contributed by atoms with Gasteiger partial charge >= 0.3 is 0 Å². The van der Waals surface area contributed by atoms with Crippen molar-refractivity contribution in [2.75, 3.05) is 19.7 Å². The van der Waals surface area contributed by atoms with Crippen LogP contribution in [0.5, 0.6) is 0 Å². The molecule has 0 heterocycles. The first-order valence-electron chi connectivity index (χ1n) is 5.34. The summed E-state index contributed by atoms with van der Waals surface area (Å²) < 4.78 is 0. The Morgan fingerprint density at radius 1 is 1.53 bits per heavy atom. The number of carbonyl (C=O) groups excluding carboxylic acids is 1. The molecular formula is C11H22N2O2. The third-order valence-corrected chi connectivity index (χ3v) is 2.21. The van der Waals surface area contributed by atoms with Crippen molar-refractivity contribution in [2.24, 2.45) is 5.92 Å². The standard InChI is InChI=1S/C11H22N2O2/c1-4-6-12-11(15)10(3)13-8-9(2)5-7-14/h4,9-10,13-14H,1,5-8H2,2-3H3,(H,12,15). The molecule has 0 aliphatic carbocycles. The topological polar surface area (TPSA) is 61.4 Å². The summed E-state index contributed by atoms with van der Waals surface area (Å²) >= 11 is 0. The van der Waals surface area contributed by atoms with Crippen LogP contribution >= 0.6 is 0 Å². The molecule has 0 fully saturated rings. The van der Waals surface area contributed by atoms with Gasteiger partial charge < -0.3 is 15.7 Å². The van der Waals surface area contributed by atoms with Crippen LogP contribution in [0.3, 0.4) is 0 Å². The van der Waals surface area contributed by atoms with E-state index >= 15 is 0 Å². The summed E-state index contributed by atoms with van der Waals surface area (Å²) in [5, 5.41) is 14.5. The summed E-state index contributed by atoms with van der Waals surface area (Å²) in [4.78, 5) is 11.4. The zero-order chi connectivity index (χ0) is 11.7. The Hall–Kier alpha value is -0.870.